The van der Waals surface area contributed by atoms with Crippen LogP contribution in [0.1, 0.15) is 25.3 Å². The van der Waals surface area contributed by atoms with Crippen molar-refractivity contribution in [2.24, 2.45) is 5.92 Å². The maximum atomic E-state index is 12.7. The molecule has 0 saturated carbocycles. The van der Waals surface area contributed by atoms with E-state index in [9.17, 15) is 13.2 Å². The molecule has 0 radical (unpaired) electrons. The first kappa shape index (κ1) is 20.8. The molecule has 7 nitrogen and oxygen atoms in total. The van der Waals surface area contributed by atoms with Crippen LogP contribution in [-0.4, -0.2) is 47.8 Å². The number of halogens is 1. The highest BCUT2D eigenvalue weighted by Crippen LogP contribution is 2.22. The number of aromatic nitrogens is 2. The standard InChI is InChI=1S/C19H25ClN4O3S/c1-15-7-10-24(11-8-15)28(26,27)19-13-23(14-22-19)12-18(25)21-9-6-16-2-4-17(20)5-3-16/h2-5,13-15H,6-12H2,1H3,(H,21,25). The van der Waals surface area contributed by atoms with Crippen LogP contribution in [0, 0.1) is 5.92 Å². The van der Waals surface area contributed by atoms with Gasteiger partial charge in [-0.25, -0.2) is 13.4 Å². The summed E-state index contributed by atoms with van der Waals surface area (Å²) >= 11 is 5.85. The van der Waals surface area contributed by atoms with E-state index < -0.39 is 10.0 Å². The van der Waals surface area contributed by atoms with E-state index in [0.717, 1.165) is 18.4 Å². The summed E-state index contributed by atoms with van der Waals surface area (Å²) in [5.74, 6) is 0.350. The number of rotatable bonds is 7. The van der Waals surface area contributed by atoms with Gasteiger partial charge in [0.25, 0.3) is 10.0 Å². The van der Waals surface area contributed by atoms with Gasteiger partial charge >= 0.3 is 0 Å². The van der Waals surface area contributed by atoms with Crippen molar-refractivity contribution in [2.45, 2.75) is 37.8 Å². The molecule has 0 spiro atoms. The van der Waals surface area contributed by atoms with Crippen LogP contribution in [-0.2, 0) is 27.8 Å². The Kier molecular flexibility index (Phi) is 6.74. The Morgan fingerprint density at radius 3 is 2.61 bits per heavy atom. The van der Waals surface area contributed by atoms with Gasteiger partial charge in [0.05, 0.1) is 6.33 Å². The number of carbonyl (C=O) groups excluding carboxylic acids is 1. The van der Waals surface area contributed by atoms with Crippen molar-refractivity contribution < 1.29 is 13.2 Å². The Morgan fingerprint density at radius 1 is 1.25 bits per heavy atom. The van der Waals surface area contributed by atoms with Crippen molar-refractivity contribution in [3.8, 4) is 0 Å². The highest BCUT2D eigenvalue weighted by Gasteiger charge is 2.29. The number of carbonyl (C=O) groups is 1. The Labute approximate surface area is 170 Å². The summed E-state index contributed by atoms with van der Waals surface area (Å²) in [6.07, 6.45) is 5.22. The zero-order valence-electron chi connectivity index (χ0n) is 15.8. The Hall–Kier alpha value is -1.90. The second kappa shape index (κ2) is 9.07. The van der Waals surface area contributed by atoms with Crippen molar-refractivity contribution >= 4 is 27.5 Å². The fraction of sp³-hybridized carbons (Fsp3) is 0.474. The highest BCUT2D eigenvalue weighted by atomic mass is 35.5. The fourth-order valence-corrected chi connectivity index (χ4v) is 4.67. The molecule has 1 aliphatic rings. The number of piperidine rings is 1. The van der Waals surface area contributed by atoms with Gasteiger partial charge in [-0.2, -0.15) is 4.31 Å². The van der Waals surface area contributed by atoms with E-state index >= 15 is 0 Å². The van der Waals surface area contributed by atoms with Crippen LogP contribution in [0.25, 0.3) is 0 Å². The summed E-state index contributed by atoms with van der Waals surface area (Å²) in [7, 11) is -3.60. The summed E-state index contributed by atoms with van der Waals surface area (Å²) in [5.41, 5.74) is 1.08. The quantitative estimate of drug-likeness (QED) is 0.739. The van der Waals surface area contributed by atoms with Crippen LogP contribution in [0.15, 0.2) is 41.8 Å². The monoisotopic (exact) mass is 424 g/mol. The lowest BCUT2D eigenvalue weighted by atomic mass is 10.0. The van der Waals surface area contributed by atoms with Gasteiger partial charge in [0.1, 0.15) is 6.54 Å². The average molecular weight is 425 g/mol. The zero-order valence-corrected chi connectivity index (χ0v) is 17.4. The minimum Gasteiger partial charge on any atom is -0.354 e. The third-order valence-corrected chi connectivity index (χ3v) is 6.97. The van der Waals surface area contributed by atoms with Crippen LogP contribution in [0.3, 0.4) is 0 Å². The molecule has 1 N–H and O–H groups in total. The van der Waals surface area contributed by atoms with E-state index in [2.05, 4.69) is 17.2 Å². The normalized spacial score (nSPS) is 16.2. The highest BCUT2D eigenvalue weighted by molar-refractivity contribution is 7.89. The van der Waals surface area contributed by atoms with E-state index in [1.54, 1.807) is 0 Å². The van der Waals surface area contributed by atoms with Gasteiger partial charge in [0, 0.05) is 30.9 Å². The number of amides is 1. The molecule has 9 heteroatoms. The number of imidazole rings is 1. The number of nitrogens with zero attached hydrogens (tertiary/aromatic N) is 3. The first-order valence-electron chi connectivity index (χ1n) is 9.37. The van der Waals surface area contributed by atoms with Crippen LogP contribution in [0.5, 0.6) is 0 Å². The number of benzene rings is 1. The lowest BCUT2D eigenvalue weighted by Gasteiger charge is -2.28. The molecule has 1 fully saturated rings. The second-order valence-corrected chi connectivity index (χ2v) is 9.52. The molecule has 1 aromatic heterocycles. The molecule has 0 aliphatic carbocycles. The topological polar surface area (TPSA) is 84.3 Å². The second-order valence-electron chi connectivity index (χ2n) is 7.20. The third kappa shape index (κ3) is 5.33. The molecule has 0 bridgehead atoms. The van der Waals surface area contributed by atoms with Gasteiger partial charge in [-0.1, -0.05) is 30.7 Å². The molecule has 28 heavy (non-hydrogen) atoms. The first-order chi connectivity index (χ1) is 13.3. The Balaban J connectivity index is 1.50. The molecule has 2 aromatic rings. The smallest absolute Gasteiger partial charge is 0.262 e. The minimum absolute atomic E-state index is 0.00369. The Bertz CT molecular complexity index is 904. The van der Waals surface area contributed by atoms with Crippen LogP contribution < -0.4 is 5.32 Å². The van der Waals surface area contributed by atoms with E-state index in [4.69, 9.17) is 11.6 Å². The van der Waals surface area contributed by atoms with Gasteiger partial charge in [-0.05, 0) is 42.9 Å². The summed E-state index contributed by atoms with van der Waals surface area (Å²) in [6, 6.07) is 7.47. The van der Waals surface area contributed by atoms with Gasteiger partial charge in [0.15, 0.2) is 5.03 Å². The van der Waals surface area contributed by atoms with Gasteiger partial charge in [0.2, 0.25) is 5.91 Å². The lowest BCUT2D eigenvalue weighted by molar-refractivity contribution is -0.121. The molecule has 1 saturated heterocycles. The fourth-order valence-electron chi connectivity index (χ4n) is 3.14. The molecule has 152 valence electrons. The maximum absolute atomic E-state index is 12.7. The SMILES string of the molecule is CC1CCN(S(=O)(=O)c2cn(CC(=O)NCCc3ccc(Cl)cc3)cn2)CC1. The van der Waals surface area contributed by atoms with Crippen molar-refractivity contribution in [3.05, 3.63) is 47.4 Å². The summed E-state index contributed by atoms with van der Waals surface area (Å²) in [5, 5.41) is 3.50. The molecule has 0 unspecified atom stereocenters. The van der Waals surface area contributed by atoms with E-state index in [1.165, 1.54) is 21.4 Å². The van der Waals surface area contributed by atoms with Crippen molar-refractivity contribution in [3.63, 3.8) is 0 Å². The Morgan fingerprint density at radius 2 is 1.93 bits per heavy atom. The lowest BCUT2D eigenvalue weighted by Crippen LogP contribution is -2.38. The van der Waals surface area contributed by atoms with Crippen molar-refractivity contribution in [1.29, 1.82) is 0 Å². The maximum Gasteiger partial charge on any atom is 0.262 e. The largest absolute Gasteiger partial charge is 0.354 e. The zero-order chi connectivity index (χ0) is 20.1. The van der Waals surface area contributed by atoms with Crippen molar-refractivity contribution in [2.75, 3.05) is 19.6 Å². The molecule has 1 amide bonds. The molecule has 1 aromatic carbocycles. The van der Waals surface area contributed by atoms with Gasteiger partial charge in [-0.3, -0.25) is 4.79 Å². The molecule has 0 atom stereocenters. The van der Waals surface area contributed by atoms with Crippen molar-refractivity contribution in [1.82, 2.24) is 19.2 Å². The molecular formula is C19H25ClN4O3S. The summed E-state index contributed by atoms with van der Waals surface area (Å²) in [6.45, 7) is 3.68. The van der Waals surface area contributed by atoms with Crippen LogP contribution in [0.2, 0.25) is 5.02 Å². The van der Waals surface area contributed by atoms with E-state index in [0.29, 0.717) is 37.0 Å². The minimum atomic E-state index is -3.60. The molecule has 3 rings (SSSR count). The summed E-state index contributed by atoms with van der Waals surface area (Å²) < 4.78 is 28.3. The number of hydrogen-bond donors (Lipinski definition) is 1. The predicted molar refractivity (Wildman–Crippen MR) is 108 cm³/mol. The third-order valence-electron chi connectivity index (χ3n) is 4.93. The van der Waals surface area contributed by atoms with E-state index in [1.807, 2.05) is 24.3 Å². The average Bonchev–Trinajstić information content (AvgIpc) is 3.13. The van der Waals surface area contributed by atoms with Gasteiger partial charge in [-0.15, -0.1) is 0 Å². The predicted octanol–water partition coefficient (Wildman–Crippen LogP) is 2.32. The van der Waals surface area contributed by atoms with Crippen LogP contribution in [0.4, 0.5) is 0 Å². The molecule has 1 aliphatic heterocycles. The molecule has 2 heterocycles. The van der Waals surface area contributed by atoms with E-state index in [-0.39, 0.29) is 17.5 Å². The van der Waals surface area contributed by atoms with Crippen LogP contribution >= 0.6 is 11.6 Å². The molecular weight excluding hydrogens is 400 g/mol. The van der Waals surface area contributed by atoms with Gasteiger partial charge < -0.3 is 9.88 Å². The first-order valence-corrected chi connectivity index (χ1v) is 11.2. The number of hydrogen-bond acceptors (Lipinski definition) is 4. The number of sulfonamides is 1. The summed E-state index contributed by atoms with van der Waals surface area (Å²) in [4.78, 5) is 16.1. The number of nitrogens with one attached hydrogen (secondary N) is 1.